The summed E-state index contributed by atoms with van der Waals surface area (Å²) in [5, 5.41) is 1.07. The number of hydrogen-bond acceptors (Lipinski definition) is 2. The Labute approximate surface area is 158 Å². The van der Waals surface area contributed by atoms with Crippen molar-refractivity contribution in [2.45, 2.75) is 33.6 Å². The highest BCUT2D eigenvalue weighted by Crippen LogP contribution is 2.43. The zero-order valence-electron chi connectivity index (χ0n) is 14.4. The van der Waals surface area contributed by atoms with E-state index in [4.69, 9.17) is 39.5 Å². The van der Waals surface area contributed by atoms with Gasteiger partial charge >= 0.3 is 0 Å². The molecule has 1 aromatic rings. The summed E-state index contributed by atoms with van der Waals surface area (Å²) < 4.78 is 5.41. The Kier molecular flexibility index (Phi) is 6.11. The van der Waals surface area contributed by atoms with Gasteiger partial charge in [-0.05, 0) is 17.4 Å². The molecule has 6 heteroatoms. The van der Waals surface area contributed by atoms with Gasteiger partial charge in [-0.25, -0.2) is 0 Å². The molecule has 0 saturated heterocycles. The Balaban J connectivity index is 2.25. The third kappa shape index (κ3) is 4.38. The van der Waals surface area contributed by atoms with E-state index >= 15 is 0 Å². The Morgan fingerprint density at radius 2 is 1.92 bits per heavy atom. The van der Waals surface area contributed by atoms with Crippen molar-refractivity contribution in [2.75, 3.05) is 20.2 Å². The zero-order valence-corrected chi connectivity index (χ0v) is 16.6. The minimum atomic E-state index is -0.0166. The first-order valence-electron chi connectivity index (χ1n) is 7.82. The molecule has 1 aliphatic heterocycles. The summed E-state index contributed by atoms with van der Waals surface area (Å²) >= 11 is 18.6. The van der Waals surface area contributed by atoms with Crippen LogP contribution in [0.15, 0.2) is 12.1 Å². The Bertz CT molecular complexity index is 678. The van der Waals surface area contributed by atoms with E-state index in [1.807, 2.05) is 11.0 Å². The highest BCUT2D eigenvalue weighted by atomic mass is 35.5. The predicted molar refractivity (Wildman–Crippen MR) is 101 cm³/mol. The molecule has 0 N–H and O–H groups in total. The molecule has 0 unspecified atom stereocenters. The van der Waals surface area contributed by atoms with Crippen LogP contribution in [-0.2, 0) is 4.79 Å². The standard InChI is InChI=1S/C18H22Cl3NO2/c1-18(2,3)10-14(23)22-7-5-11(6-8-22)15-13(24-4)9-12(19)16(20)17(15)21/h5,9H,6-8,10H2,1-4H3. The molecule has 0 spiro atoms. The molecule has 0 bridgehead atoms. The van der Waals surface area contributed by atoms with Gasteiger partial charge in [0.15, 0.2) is 0 Å². The van der Waals surface area contributed by atoms with Crippen LogP contribution in [0.2, 0.25) is 15.1 Å². The number of ether oxygens (including phenoxy) is 1. The maximum atomic E-state index is 12.4. The van der Waals surface area contributed by atoms with E-state index in [2.05, 4.69) is 20.8 Å². The van der Waals surface area contributed by atoms with Gasteiger partial charge in [0.05, 0.1) is 22.2 Å². The summed E-state index contributed by atoms with van der Waals surface area (Å²) in [6, 6.07) is 1.67. The number of amides is 1. The van der Waals surface area contributed by atoms with E-state index in [0.29, 0.717) is 46.7 Å². The molecule has 0 radical (unpaired) electrons. The second kappa shape index (κ2) is 7.55. The van der Waals surface area contributed by atoms with Crippen molar-refractivity contribution in [2.24, 2.45) is 5.41 Å². The van der Waals surface area contributed by atoms with Crippen LogP contribution in [0, 0.1) is 5.41 Å². The van der Waals surface area contributed by atoms with Crippen LogP contribution in [0.4, 0.5) is 0 Å². The lowest BCUT2D eigenvalue weighted by molar-refractivity contribution is -0.132. The van der Waals surface area contributed by atoms with E-state index in [0.717, 1.165) is 11.1 Å². The van der Waals surface area contributed by atoms with Crippen molar-refractivity contribution >= 4 is 46.3 Å². The number of halogens is 3. The fourth-order valence-corrected chi connectivity index (χ4v) is 3.43. The minimum absolute atomic E-state index is 0.0166. The second-order valence-corrected chi connectivity index (χ2v) is 8.28. The van der Waals surface area contributed by atoms with Crippen LogP contribution in [0.3, 0.4) is 0 Å². The zero-order chi connectivity index (χ0) is 18.1. The van der Waals surface area contributed by atoms with Gasteiger partial charge in [-0.1, -0.05) is 61.7 Å². The van der Waals surface area contributed by atoms with E-state index in [1.54, 1.807) is 13.2 Å². The van der Waals surface area contributed by atoms with E-state index < -0.39 is 0 Å². The first kappa shape index (κ1) is 19.4. The summed E-state index contributed by atoms with van der Waals surface area (Å²) in [6.07, 6.45) is 3.25. The molecular formula is C18H22Cl3NO2. The van der Waals surface area contributed by atoms with Crippen LogP contribution in [-0.4, -0.2) is 31.0 Å². The summed E-state index contributed by atoms with van der Waals surface area (Å²) in [5.74, 6) is 0.764. The molecular weight excluding hydrogens is 369 g/mol. The Hall–Kier alpha value is -0.900. The van der Waals surface area contributed by atoms with Crippen LogP contribution >= 0.6 is 34.8 Å². The van der Waals surface area contributed by atoms with Crippen molar-refractivity contribution in [3.8, 4) is 5.75 Å². The summed E-state index contributed by atoms with van der Waals surface area (Å²) in [5.41, 5.74) is 1.77. The van der Waals surface area contributed by atoms with Crippen LogP contribution in [0.1, 0.15) is 39.2 Å². The first-order valence-corrected chi connectivity index (χ1v) is 8.96. The van der Waals surface area contributed by atoms with Crippen molar-refractivity contribution in [1.82, 2.24) is 4.90 Å². The fraction of sp³-hybridized carbons (Fsp3) is 0.500. The number of carbonyl (C=O) groups excluding carboxylic acids is 1. The van der Waals surface area contributed by atoms with Gasteiger partial charge in [-0.3, -0.25) is 4.79 Å². The lowest BCUT2D eigenvalue weighted by atomic mass is 9.91. The Morgan fingerprint density at radius 1 is 1.25 bits per heavy atom. The third-order valence-corrected chi connectivity index (χ3v) is 5.17. The minimum Gasteiger partial charge on any atom is -0.496 e. The molecule has 0 aromatic heterocycles. The highest BCUT2D eigenvalue weighted by Gasteiger charge is 2.25. The number of rotatable bonds is 3. The van der Waals surface area contributed by atoms with E-state index in [-0.39, 0.29) is 11.3 Å². The molecule has 1 aliphatic rings. The summed E-state index contributed by atoms with van der Waals surface area (Å²) in [4.78, 5) is 14.2. The lowest BCUT2D eigenvalue weighted by Crippen LogP contribution is -2.36. The van der Waals surface area contributed by atoms with Crippen molar-refractivity contribution in [3.05, 3.63) is 32.8 Å². The topological polar surface area (TPSA) is 29.5 Å². The van der Waals surface area contributed by atoms with Crippen LogP contribution < -0.4 is 4.74 Å². The summed E-state index contributed by atoms with van der Waals surface area (Å²) in [6.45, 7) is 7.41. The van der Waals surface area contributed by atoms with Gasteiger partial charge < -0.3 is 9.64 Å². The van der Waals surface area contributed by atoms with E-state index in [1.165, 1.54) is 0 Å². The number of nitrogens with zero attached hydrogens (tertiary/aromatic N) is 1. The maximum Gasteiger partial charge on any atom is 0.223 e. The molecule has 2 rings (SSSR count). The van der Waals surface area contributed by atoms with E-state index in [9.17, 15) is 4.79 Å². The maximum absolute atomic E-state index is 12.4. The van der Waals surface area contributed by atoms with Gasteiger partial charge in [-0.2, -0.15) is 0 Å². The average molecular weight is 391 g/mol. The van der Waals surface area contributed by atoms with Crippen molar-refractivity contribution in [1.29, 1.82) is 0 Å². The highest BCUT2D eigenvalue weighted by molar-refractivity contribution is 6.49. The van der Waals surface area contributed by atoms with Crippen molar-refractivity contribution < 1.29 is 9.53 Å². The quantitative estimate of drug-likeness (QED) is 0.619. The molecule has 132 valence electrons. The number of benzene rings is 1. The lowest BCUT2D eigenvalue weighted by Gasteiger charge is -2.30. The molecule has 1 aromatic carbocycles. The normalized spacial score (nSPS) is 15.3. The first-order chi connectivity index (χ1) is 11.1. The van der Waals surface area contributed by atoms with Crippen LogP contribution in [0.5, 0.6) is 5.75 Å². The van der Waals surface area contributed by atoms with Crippen LogP contribution in [0.25, 0.3) is 5.57 Å². The molecule has 1 heterocycles. The predicted octanol–water partition coefficient (Wildman–Crippen LogP) is 5.71. The monoisotopic (exact) mass is 389 g/mol. The molecule has 1 amide bonds. The molecule has 0 aliphatic carbocycles. The smallest absolute Gasteiger partial charge is 0.223 e. The number of methoxy groups -OCH3 is 1. The number of hydrogen-bond donors (Lipinski definition) is 0. The van der Waals surface area contributed by atoms with Crippen molar-refractivity contribution in [3.63, 3.8) is 0 Å². The molecule has 24 heavy (non-hydrogen) atoms. The third-order valence-electron chi connectivity index (χ3n) is 3.91. The van der Waals surface area contributed by atoms with Gasteiger partial charge in [0.2, 0.25) is 5.91 Å². The molecule has 0 saturated carbocycles. The van der Waals surface area contributed by atoms with Gasteiger partial charge in [-0.15, -0.1) is 0 Å². The summed E-state index contributed by atoms with van der Waals surface area (Å²) in [7, 11) is 1.57. The molecule has 3 nitrogen and oxygen atoms in total. The average Bonchev–Trinajstić information content (AvgIpc) is 2.51. The number of carbonyl (C=O) groups is 1. The largest absolute Gasteiger partial charge is 0.496 e. The van der Waals surface area contributed by atoms with Gasteiger partial charge in [0.25, 0.3) is 0 Å². The molecule has 0 atom stereocenters. The fourth-order valence-electron chi connectivity index (χ4n) is 2.72. The van der Waals surface area contributed by atoms with Gasteiger partial charge in [0, 0.05) is 31.1 Å². The van der Waals surface area contributed by atoms with Gasteiger partial charge in [0.1, 0.15) is 5.75 Å². The Morgan fingerprint density at radius 3 is 2.42 bits per heavy atom. The second-order valence-electron chi connectivity index (χ2n) is 7.12. The molecule has 0 fully saturated rings. The SMILES string of the molecule is COc1cc(Cl)c(Cl)c(Cl)c1C1=CCN(C(=O)CC(C)(C)C)CC1.